The van der Waals surface area contributed by atoms with Gasteiger partial charge in [-0.3, -0.25) is 14.2 Å². The fourth-order valence-corrected chi connectivity index (χ4v) is 8.73. The summed E-state index contributed by atoms with van der Waals surface area (Å²) in [6.07, 6.45) is 24.1. The number of phosphoric acid groups is 1. The van der Waals surface area contributed by atoms with Crippen LogP contribution in [0.4, 0.5) is 0 Å². The second kappa shape index (κ2) is 32.4. The number of quaternary nitrogens is 1. The fourth-order valence-electron chi connectivity index (χ4n) is 8.00. The number of allylic oxidation sites excluding steroid dienone is 2. The van der Waals surface area contributed by atoms with Crippen molar-refractivity contribution in [3.63, 3.8) is 0 Å². The number of hydrogen-bond acceptors (Lipinski definition) is 12. The van der Waals surface area contributed by atoms with Crippen LogP contribution in [0.25, 0.3) is 0 Å². The van der Waals surface area contributed by atoms with Gasteiger partial charge in [0.2, 0.25) is 0 Å². The predicted octanol–water partition coefficient (Wildman–Crippen LogP) is 9.32. The Morgan fingerprint density at radius 3 is 2.03 bits per heavy atom. The molecule has 2 rings (SSSR count). The maximum absolute atomic E-state index is 12.9. The Hall–Kier alpha value is -2.35. The molecule has 1 aliphatic carbocycles. The first-order valence-corrected chi connectivity index (χ1v) is 26.1. The normalized spacial score (nSPS) is 20.0. The van der Waals surface area contributed by atoms with Crippen molar-refractivity contribution >= 4 is 19.8 Å². The first kappa shape index (κ1) is 57.8. The molecule has 0 radical (unpaired) electrons. The van der Waals surface area contributed by atoms with E-state index in [9.17, 15) is 34.4 Å². The summed E-state index contributed by atoms with van der Waals surface area (Å²) in [6, 6.07) is 0. The van der Waals surface area contributed by atoms with Crippen LogP contribution in [0.5, 0.6) is 0 Å². The first-order valence-electron chi connectivity index (χ1n) is 24.7. The van der Waals surface area contributed by atoms with Gasteiger partial charge >= 0.3 is 11.9 Å². The third-order valence-electron chi connectivity index (χ3n) is 12.2. The molecule has 0 spiro atoms. The lowest BCUT2D eigenvalue weighted by atomic mass is 9.89. The summed E-state index contributed by atoms with van der Waals surface area (Å²) in [5.74, 6) is 0.826. The molecule has 1 unspecified atom stereocenters. The molecule has 0 aliphatic heterocycles. The maximum atomic E-state index is 12.9. The number of unbranched alkanes of at least 4 members (excludes halogenated alkanes) is 12. The van der Waals surface area contributed by atoms with E-state index in [-0.39, 0.29) is 44.3 Å². The molecule has 0 bridgehead atoms. The van der Waals surface area contributed by atoms with Crippen LogP contribution < -0.4 is 4.89 Å². The average molecular weight is 926 g/mol. The molecule has 1 fully saturated rings. The van der Waals surface area contributed by atoms with Crippen molar-refractivity contribution in [1.29, 1.82) is 0 Å². The summed E-state index contributed by atoms with van der Waals surface area (Å²) in [5, 5.41) is 31.4. The number of hydrogen-bond donors (Lipinski definition) is 3. The molecule has 370 valence electrons. The van der Waals surface area contributed by atoms with E-state index in [4.69, 9.17) is 22.9 Å². The Morgan fingerprint density at radius 2 is 1.39 bits per heavy atom. The topological polar surface area (TPSA) is 185 Å². The summed E-state index contributed by atoms with van der Waals surface area (Å²) < 4.78 is 40.2. The smallest absolute Gasteiger partial charge is 0.306 e. The third-order valence-corrected chi connectivity index (χ3v) is 13.2. The molecule has 0 aromatic carbocycles. The highest BCUT2D eigenvalue weighted by Crippen LogP contribution is 2.39. The summed E-state index contributed by atoms with van der Waals surface area (Å²) in [7, 11) is 0.997. The van der Waals surface area contributed by atoms with Crippen molar-refractivity contribution in [2.45, 2.75) is 200 Å². The summed E-state index contributed by atoms with van der Waals surface area (Å²) in [5.41, 5.74) is 2.63. The van der Waals surface area contributed by atoms with Gasteiger partial charge in [-0.1, -0.05) is 109 Å². The number of aliphatic hydroxyl groups is 3. The standard InChI is InChI=1S/C50H88NO12P/c1-8-10-20-26-41(52)32-33-44-43(45(53)36-46(44)54)27-22-18-19-25-31-50(56)62-42(38-61-64(57,58)60-35-34-51(5,6)7)37-59-49(55)30-24-17-15-13-12-14-16-23-29-48-40(4)39(3)47(63-48)28-21-11-9-2/h18,22,32-33,41-46,52-54H,8-17,19-21,23-31,34-38H2,1-7H3/b22-18+,33-32+/t41-,42+,43+,44+,45-,46+/m0/s1. The Bertz CT molecular complexity index is 1540. The number of nitrogens with zero attached hydrogens (tertiary/aromatic N) is 1. The predicted molar refractivity (Wildman–Crippen MR) is 250 cm³/mol. The molecule has 13 nitrogen and oxygen atoms in total. The molecule has 0 saturated heterocycles. The number of carbonyl (C=O) groups is 2. The number of ether oxygens (including phenoxy) is 2. The van der Waals surface area contributed by atoms with Crippen molar-refractivity contribution in [2.24, 2.45) is 11.8 Å². The second-order valence-electron chi connectivity index (χ2n) is 19.0. The minimum Gasteiger partial charge on any atom is -0.756 e. The molecular formula is C50H88NO12P. The molecular weight excluding hydrogens is 838 g/mol. The van der Waals surface area contributed by atoms with Gasteiger partial charge in [-0.15, -0.1) is 0 Å². The van der Waals surface area contributed by atoms with E-state index >= 15 is 0 Å². The lowest BCUT2D eigenvalue weighted by Crippen LogP contribution is -2.37. The maximum Gasteiger partial charge on any atom is 0.306 e. The third kappa shape index (κ3) is 25.5. The Morgan fingerprint density at radius 1 is 0.797 bits per heavy atom. The van der Waals surface area contributed by atoms with Crippen LogP contribution >= 0.6 is 7.82 Å². The van der Waals surface area contributed by atoms with Gasteiger partial charge in [-0.05, 0) is 75.8 Å². The largest absolute Gasteiger partial charge is 0.756 e. The summed E-state index contributed by atoms with van der Waals surface area (Å²) in [4.78, 5) is 38.0. The number of aliphatic hydroxyl groups excluding tert-OH is 3. The van der Waals surface area contributed by atoms with Crippen molar-refractivity contribution in [3.8, 4) is 0 Å². The van der Waals surface area contributed by atoms with E-state index in [1.165, 1.54) is 36.8 Å². The summed E-state index contributed by atoms with van der Waals surface area (Å²) in [6.45, 7) is 8.13. The van der Waals surface area contributed by atoms with Crippen LogP contribution in [0, 0.1) is 25.7 Å². The van der Waals surface area contributed by atoms with Crippen LogP contribution in [-0.2, 0) is 45.5 Å². The molecule has 3 N–H and O–H groups in total. The number of carbonyl (C=O) groups excluding carboxylic acids is 2. The zero-order valence-electron chi connectivity index (χ0n) is 40.8. The highest BCUT2D eigenvalue weighted by Gasteiger charge is 2.39. The van der Waals surface area contributed by atoms with Gasteiger partial charge in [-0.2, -0.15) is 0 Å². The fraction of sp³-hybridized carbons (Fsp3) is 0.800. The van der Waals surface area contributed by atoms with Gasteiger partial charge in [0.25, 0.3) is 7.82 Å². The van der Waals surface area contributed by atoms with Crippen LogP contribution in [0.15, 0.2) is 28.7 Å². The van der Waals surface area contributed by atoms with Gasteiger partial charge in [-0.25, -0.2) is 0 Å². The van der Waals surface area contributed by atoms with E-state index in [1.54, 1.807) is 6.08 Å². The molecule has 1 aromatic heterocycles. The van der Waals surface area contributed by atoms with Gasteiger partial charge < -0.3 is 47.6 Å². The quantitative estimate of drug-likeness (QED) is 0.0189. The number of esters is 2. The summed E-state index contributed by atoms with van der Waals surface area (Å²) >= 11 is 0. The molecule has 7 atom stereocenters. The number of phosphoric ester groups is 1. The molecule has 1 heterocycles. The minimum atomic E-state index is -4.71. The molecule has 0 amide bonds. The number of aryl methyl sites for hydroxylation is 2. The Balaban J connectivity index is 1.74. The van der Waals surface area contributed by atoms with Gasteiger partial charge in [0, 0.05) is 38.0 Å². The molecule has 1 aromatic rings. The minimum absolute atomic E-state index is 0.0409. The highest BCUT2D eigenvalue weighted by molar-refractivity contribution is 7.45. The van der Waals surface area contributed by atoms with Crippen molar-refractivity contribution in [1.82, 2.24) is 0 Å². The Labute approximate surface area is 386 Å². The molecule has 1 saturated carbocycles. The van der Waals surface area contributed by atoms with Gasteiger partial charge in [0.15, 0.2) is 6.10 Å². The van der Waals surface area contributed by atoms with E-state index < -0.39 is 50.8 Å². The number of furan rings is 1. The van der Waals surface area contributed by atoms with Crippen LogP contribution in [0.1, 0.15) is 171 Å². The monoisotopic (exact) mass is 926 g/mol. The van der Waals surface area contributed by atoms with Crippen LogP contribution in [0.3, 0.4) is 0 Å². The van der Waals surface area contributed by atoms with E-state index in [0.29, 0.717) is 43.1 Å². The SMILES string of the molecule is CCCCCc1oc(CCCCCCCCCCC(=O)OC[C@H](COP(=O)([O-])OCC[N+](C)(C)C)OC(=O)CCC/C=C/C[C@@H]2[C@@H](/C=C/[C@@H](O)CCCCC)[C@H](O)C[C@@H]2O)c(C)c1C. The lowest BCUT2D eigenvalue weighted by molar-refractivity contribution is -0.870. The number of rotatable bonds is 37. The van der Waals surface area contributed by atoms with E-state index in [2.05, 4.69) is 27.7 Å². The van der Waals surface area contributed by atoms with Crippen molar-refractivity contribution in [3.05, 3.63) is 47.0 Å². The Kier molecular flexibility index (Phi) is 29.2. The number of likely N-dealkylation sites (N-methyl/N-ethyl adjacent to an activating group) is 1. The molecule has 1 aliphatic rings. The lowest BCUT2D eigenvalue weighted by Gasteiger charge is -2.28. The second-order valence-corrected chi connectivity index (χ2v) is 20.4. The van der Waals surface area contributed by atoms with Crippen molar-refractivity contribution < 1.29 is 61.8 Å². The van der Waals surface area contributed by atoms with E-state index in [0.717, 1.165) is 82.1 Å². The average Bonchev–Trinajstić information content (AvgIpc) is 3.66. The van der Waals surface area contributed by atoms with Crippen LogP contribution in [0.2, 0.25) is 0 Å². The zero-order chi connectivity index (χ0) is 47.4. The highest BCUT2D eigenvalue weighted by atomic mass is 31.2. The van der Waals surface area contributed by atoms with Crippen LogP contribution in [-0.4, -0.2) is 104 Å². The molecule has 64 heavy (non-hydrogen) atoms. The molecule has 14 heteroatoms. The van der Waals surface area contributed by atoms with Gasteiger partial charge in [0.05, 0.1) is 46.1 Å². The zero-order valence-corrected chi connectivity index (χ0v) is 41.7. The van der Waals surface area contributed by atoms with Crippen molar-refractivity contribution in [2.75, 3.05) is 47.5 Å². The van der Waals surface area contributed by atoms with E-state index in [1.807, 2.05) is 39.4 Å². The first-order chi connectivity index (χ1) is 30.5. The van der Waals surface area contributed by atoms with Gasteiger partial charge in [0.1, 0.15) is 31.3 Å².